The van der Waals surface area contributed by atoms with Crippen molar-refractivity contribution < 1.29 is 17.9 Å². The van der Waals surface area contributed by atoms with Gasteiger partial charge < -0.3 is 9.64 Å². The van der Waals surface area contributed by atoms with E-state index >= 15 is 0 Å². The molecule has 0 spiro atoms. The van der Waals surface area contributed by atoms with Gasteiger partial charge in [-0.1, -0.05) is 0 Å². The molecule has 2 aromatic rings. The number of hydrogen-bond donors (Lipinski definition) is 0. The van der Waals surface area contributed by atoms with Gasteiger partial charge in [0.15, 0.2) is 0 Å². The fourth-order valence-electron chi connectivity index (χ4n) is 1.99. The Kier molecular flexibility index (Phi) is 5.41. The van der Waals surface area contributed by atoms with Gasteiger partial charge in [-0.25, -0.2) is 9.97 Å². The van der Waals surface area contributed by atoms with Crippen LogP contribution < -0.4 is 4.90 Å². The van der Waals surface area contributed by atoms with E-state index in [0.717, 1.165) is 17.1 Å². The Labute approximate surface area is 141 Å². The average molecular weight is 356 g/mol. The van der Waals surface area contributed by atoms with Crippen LogP contribution in [-0.4, -0.2) is 24.1 Å². The molecule has 0 aliphatic heterocycles. The van der Waals surface area contributed by atoms with Gasteiger partial charge in [0, 0.05) is 19.5 Å². The molecule has 0 N–H and O–H groups in total. The molecule has 0 saturated carbocycles. The molecule has 0 aromatic carbocycles. The van der Waals surface area contributed by atoms with E-state index in [1.54, 1.807) is 19.5 Å². The summed E-state index contributed by atoms with van der Waals surface area (Å²) in [5.74, 6) is -0.0262. The van der Waals surface area contributed by atoms with Crippen LogP contribution in [0.3, 0.4) is 0 Å². The lowest BCUT2D eigenvalue weighted by atomic mass is 10.2. The highest BCUT2D eigenvalue weighted by Gasteiger charge is 2.33. The molecule has 1 atom stereocenters. The number of nitriles is 1. The minimum atomic E-state index is -4.56. The summed E-state index contributed by atoms with van der Waals surface area (Å²) in [4.78, 5) is 9.47. The number of nitrogens with zero attached hydrogens (tertiary/aromatic N) is 4. The first-order valence-electron chi connectivity index (χ1n) is 6.92. The maximum Gasteiger partial charge on any atom is 0.433 e. The first-order valence-corrected chi connectivity index (χ1v) is 7.80. The van der Waals surface area contributed by atoms with Gasteiger partial charge in [0.05, 0.1) is 17.8 Å². The predicted octanol–water partition coefficient (Wildman–Crippen LogP) is 3.77. The van der Waals surface area contributed by atoms with E-state index in [4.69, 9.17) is 10.00 Å². The number of thiazole rings is 1. The zero-order valence-corrected chi connectivity index (χ0v) is 14.1. The second-order valence-corrected chi connectivity index (χ2v) is 5.98. The normalized spacial score (nSPS) is 12.7. The van der Waals surface area contributed by atoms with E-state index in [1.165, 1.54) is 16.2 Å². The highest BCUT2D eigenvalue weighted by atomic mass is 32.1. The summed E-state index contributed by atoms with van der Waals surface area (Å²) < 4.78 is 43.7. The zero-order valence-electron chi connectivity index (χ0n) is 13.3. The van der Waals surface area contributed by atoms with Crippen molar-refractivity contribution in [3.05, 3.63) is 39.5 Å². The molecule has 2 rings (SSSR count). The number of ether oxygens (including phenoxy) is 1. The van der Waals surface area contributed by atoms with Crippen LogP contribution in [0.15, 0.2) is 17.5 Å². The molecule has 0 aliphatic carbocycles. The SMILES string of the molecule is COC(C)c1nc(CN(C)c2nc(C(F)(F)F)ccc2C#N)cs1. The van der Waals surface area contributed by atoms with Crippen molar-refractivity contribution in [2.24, 2.45) is 0 Å². The van der Waals surface area contributed by atoms with Crippen molar-refractivity contribution in [2.75, 3.05) is 19.1 Å². The van der Waals surface area contributed by atoms with Gasteiger partial charge in [0.1, 0.15) is 28.7 Å². The van der Waals surface area contributed by atoms with Gasteiger partial charge in [-0.15, -0.1) is 11.3 Å². The van der Waals surface area contributed by atoms with Gasteiger partial charge in [-0.2, -0.15) is 18.4 Å². The van der Waals surface area contributed by atoms with Gasteiger partial charge in [-0.05, 0) is 19.1 Å². The topological polar surface area (TPSA) is 62.0 Å². The molecule has 24 heavy (non-hydrogen) atoms. The summed E-state index contributed by atoms with van der Waals surface area (Å²) in [7, 11) is 3.14. The third kappa shape index (κ3) is 4.01. The van der Waals surface area contributed by atoms with Gasteiger partial charge in [0.2, 0.25) is 0 Å². The van der Waals surface area contributed by atoms with Crippen molar-refractivity contribution in [2.45, 2.75) is 25.7 Å². The first kappa shape index (κ1) is 18.2. The van der Waals surface area contributed by atoms with Crippen LogP contribution in [0.2, 0.25) is 0 Å². The highest BCUT2D eigenvalue weighted by Crippen LogP contribution is 2.30. The lowest BCUT2D eigenvalue weighted by Gasteiger charge is -2.19. The minimum absolute atomic E-state index is 0.0262. The number of alkyl halides is 3. The van der Waals surface area contributed by atoms with E-state index in [2.05, 4.69) is 9.97 Å². The minimum Gasteiger partial charge on any atom is -0.375 e. The van der Waals surface area contributed by atoms with E-state index in [9.17, 15) is 13.2 Å². The Hall–Kier alpha value is -2.18. The summed E-state index contributed by atoms with van der Waals surface area (Å²) >= 11 is 1.41. The molecule has 0 fully saturated rings. The van der Waals surface area contributed by atoms with Crippen molar-refractivity contribution in [1.29, 1.82) is 5.26 Å². The van der Waals surface area contributed by atoms with Crippen LogP contribution in [-0.2, 0) is 17.5 Å². The third-order valence-electron chi connectivity index (χ3n) is 3.32. The average Bonchev–Trinajstić information content (AvgIpc) is 3.01. The molecule has 0 saturated heterocycles. The van der Waals surface area contributed by atoms with Crippen LogP contribution in [0, 0.1) is 11.3 Å². The van der Waals surface area contributed by atoms with Crippen LogP contribution >= 0.6 is 11.3 Å². The number of pyridine rings is 1. The fourth-order valence-corrected chi connectivity index (χ4v) is 2.83. The van der Waals surface area contributed by atoms with Crippen molar-refractivity contribution in [3.63, 3.8) is 0 Å². The molecule has 0 aliphatic rings. The summed E-state index contributed by atoms with van der Waals surface area (Å²) in [5.41, 5.74) is -0.286. The summed E-state index contributed by atoms with van der Waals surface area (Å²) in [6.45, 7) is 2.09. The Morgan fingerprint density at radius 2 is 2.08 bits per heavy atom. The Morgan fingerprint density at radius 1 is 1.38 bits per heavy atom. The van der Waals surface area contributed by atoms with E-state index < -0.39 is 11.9 Å². The Balaban J connectivity index is 2.27. The van der Waals surface area contributed by atoms with Crippen LogP contribution in [0.25, 0.3) is 0 Å². The Bertz CT molecular complexity index is 754. The van der Waals surface area contributed by atoms with Crippen LogP contribution in [0.1, 0.15) is 35.0 Å². The van der Waals surface area contributed by atoms with Gasteiger partial charge in [0.25, 0.3) is 0 Å². The number of aromatic nitrogens is 2. The van der Waals surface area contributed by atoms with Gasteiger partial charge in [-0.3, -0.25) is 0 Å². The molecular formula is C15H15F3N4OS. The van der Waals surface area contributed by atoms with Crippen LogP contribution in [0.4, 0.5) is 19.0 Å². The van der Waals surface area contributed by atoms with Crippen LogP contribution in [0.5, 0.6) is 0 Å². The number of anilines is 1. The maximum absolute atomic E-state index is 12.8. The van der Waals surface area contributed by atoms with Crippen molar-refractivity contribution in [3.8, 4) is 6.07 Å². The zero-order chi connectivity index (χ0) is 17.9. The number of methoxy groups -OCH3 is 1. The summed E-state index contributed by atoms with van der Waals surface area (Å²) in [6.07, 6.45) is -4.72. The van der Waals surface area contributed by atoms with Gasteiger partial charge >= 0.3 is 6.18 Å². The molecule has 2 heterocycles. The predicted molar refractivity (Wildman–Crippen MR) is 83.6 cm³/mol. The molecule has 1 unspecified atom stereocenters. The van der Waals surface area contributed by atoms with E-state index in [0.29, 0.717) is 5.69 Å². The number of rotatable bonds is 5. The molecule has 0 amide bonds. The van der Waals surface area contributed by atoms with E-state index in [-0.39, 0.29) is 24.0 Å². The maximum atomic E-state index is 12.8. The molecule has 128 valence electrons. The lowest BCUT2D eigenvalue weighted by molar-refractivity contribution is -0.141. The lowest BCUT2D eigenvalue weighted by Crippen LogP contribution is -2.21. The molecule has 0 bridgehead atoms. The first-order chi connectivity index (χ1) is 11.3. The summed E-state index contributed by atoms with van der Waals surface area (Å²) in [6, 6.07) is 3.79. The standard InChI is InChI=1S/C15H15F3N4OS/c1-9(23-3)14-20-11(8-24-14)7-22(2)13-10(6-19)4-5-12(21-13)15(16,17)18/h4-5,8-9H,7H2,1-3H3. The van der Waals surface area contributed by atoms with Crippen molar-refractivity contribution in [1.82, 2.24) is 9.97 Å². The fraction of sp³-hybridized carbons (Fsp3) is 0.400. The quantitative estimate of drug-likeness (QED) is 0.816. The smallest absolute Gasteiger partial charge is 0.375 e. The second-order valence-electron chi connectivity index (χ2n) is 5.09. The molecule has 5 nitrogen and oxygen atoms in total. The largest absolute Gasteiger partial charge is 0.433 e. The third-order valence-corrected chi connectivity index (χ3v) is 4.37. The highest BCUT2D eigenvalue weighted by molar-refractivity contribution is 7.09. The van der Waals surface area contributed by atoms with E-state index in [1.807, 2.05) is 13.0 Å². The van der Waals surface area contributed by atoms with Crippen molar-refractivity contribution >= 4 is 17.2 Å². The number of hydrogen-bond acceptors (Lipinski definition) is 6. The molecule has 9 heteroatoms. The monoisotopic (exact) mass is 356 g/mol. The summed E-state index contributed by atoms with van der Waals surface area (Å²) in [5, 5.41) is 11.7. The number of halogens is 3. The molecular weight excluding hydrogens is 341 g/mol. The molecule has 0 radical (unpaired) electrons. The Morgan fingerprint density at radius 3 is 2.67 bits per heavy atom. The molecule has 2 aromatic heterocycles. The second kappa shape index (κ2) is 7.15.